The third-order valence-corrected chi connectivity index (χ3v) is 14.1. The fourth-order valence-corrected chi connectivity index (χ4v) is 9.13. The van der Waals surface area contributed by atoms with Gasteiger partial charge in [-0.2, -0.15) is 0 Å². The van der Waals surface area contributed by atoms with Crippen molar-refractivity contribution in [3.05, 3.63) is 170 Å². The monoisotopic (exact) mass is 1170 g/mol. The number of nitrogens with two attached hydrogens (primary N) is 1. The Balaban J connectivity index is 4.02. The molecule has 3 N–H and O–H groups in total. The number of hydrogen-bond acceptors (Lipinski definition) is 8. The molecule has 0 heterocycles. The van der Waals surface area contributed by atoms with Gasteiger partial charge in [0.05, 0.1) is 13.2 Å². The van der Waals surface area contributed by atoms with Gasteiger partial charge in [0, 0.05) is 19.4 Å². The van der Waals surface area contributed by atoms with Gasteiger partial charge in [-0.1, -0.05) is 274 Å². The first kappa shape index (κ1) is 78.4. The molecule has 0 spiro atoms. The van der Waals surface area contributed by atoms with Gasteiger partial charge in [0.2, 0.25) is 0 Å². The largest absolute Gasteiger partial charge is 0.472 e. The second-order valence-electron chi connectivity index (χ2n) is 20.9. The molecule has 0 rings (SSSR count). The summed E-state index contributed by atoms with van der Waals surface area (Å²) in [7, 11) is -4.41. The van der Waals surface area contributed by atoms with Crippen LogP contribution in [0.3, 0.4) is 0 Å². The van der Waals surface area contributed by atoms with E-state index >= 15 is 0 Å². The van der Waals surface area contributed by atoms with E-state index in [1.54, 1.807) is 0 Å². The molecule has 0 bridgehead atoms. The van der Waals surface area contributed by atoms with Gasteiger partial charge in [0.15, 0.2) is 6.10 Å². The van der Waals surface area contributed by atoms with Crippen LogP contribution in [-0.2, 0) is 32.7 Å². The lowest BCUT2D eigenvalue weighted by Crippen LogP contribution is -2.29. The first-order chi connectivity index (χ1) is 40.8. The van der Waals surface area contributed by atoms with Crippen LogP contribution >= 0.6 is 7.82 Å². The minimum atomic E-state index is -4.41. The van der Waals surface area contributed by atoms with Crippen LogP contribution in [0.2, 0.25) is 0 Å². The average Bonchev–Trinajstić information content (AvgIpc) is 3.49. The van der Waals surface area contributed by atoms with Gasteiger partial charge in [-0.05, 0) is 128 Å². The molecule has 0 aliphatic rings. The average molecular weight is 1170 g/mol. The van der Waals surface area contributed by atoms with E-state index in [4.69, 9.17) is 24.3 Å². The summed E-state index contributed by atoms with van der Waals surface area (Å²) in [5, 5.41) is 0. The molecule has 2 atom stereocenters. The summed E-state index contributed by atoms with van der Waals surface area (Å²) in [6.07, 6.45) is 98.5. The molecule has 0 saturated heterocycles. The van der Waals surface area contributed by atoms with E-state index < -0.39 is 32.5 Å². The van der Waals surface area contributed by atoms with E-state index in [1.807, 2.05) is 0 Å². The molecule has 83 heavy (non-hydrogen) atoms. The topological polar surface area (TPSA) is 134 Å². The summed E-state index contributed by atoms with van der Waals surface area (Å²) >= 11 is 0. The molecule has 0 fully saturated rings. The standard InChI is InChI=1S/C73H118NO8P/c1-3-5-7-9-11-13-15-17-19-21-23-25-27-29-31-33-34-35-36-38-39-41-43-45-47-49-51-53-55-57-59-61-63-65-72(75)79-69-71(70-81-83(77,78)80-68-67-74)82-73(76)66-64-62-60-58-56-54-52-50-48-46-44-42-40-37-32-30-28-26-24-22-20-18-16-14-12-10-8-6-4-2/h5-8,11-14,17-20,23-26,29-32,34-35,40,42,46,48,52,54,71H,3-4,9-10,15-16,21-22,27-28,33,36-39,41,43-45,47,49-51,53,55-70,74H2,1-2H3,(H,77,78)/b7-5-,8-6-,13-11-,14-12-,19-17-,20-18-,25-23-,26-24-,31-29-,32-30-,35-34-,42-40-,48-46-,54-52-. The highest BCUT2D eigenvalue weighted by atomic mass is 31.2. The number of phosphoric ester groups is 1. The Morgan fingerprint density at radius 3 is 0.928 bits per heavy atom. The quantitative estimate of drug-likeness (QED) is 0.0264. The van der Waals surface area contributed by atoms with E-state index in [0.29, 0.717) is 6.42 Å². The summed E-state index contributed by atoms with van der Waals surface area (Å²) in [5.74, 6) is -0.867. The Bertz CT molecular complexity index is 1960. The lowest BCUT2D eigenvalue weighted by Gasteiger charge is -2.19. The van der Waals surface area contributed by atoms with Crippen molar-refractivity contribution in [1.29, 1.82) is 0 Å². The highest BCUT2D eigenvalue weighted by molar-refractivity contribution is 7.47. The molecule has 0 aliphatic carbocycles. The molecular weight excluding hydrogens is 1050 g/mol. The van der Waals surface area contributed by atoms with Crippen molar-refractivity contribution in [3.63, 3.8) is 0 Å². The molecule has 0 radical (unpaired) electrons. The Hall–Kier alpha value is -4.63. The van der Waals surface area contributed by atoms with Gasteiger partial charge in [-0.3, -0.25) is 18.6 Å². The molecule has 0 saturated carbocycles. The van der Waals surface area contributed by atoms with Crippen LogP contribution in [0.5, 0.6) is 0 Å². The van der Waals surface area contributed by atoms with Crippen molar-refractivity contribution < 1.29 is 37.6 Å². The van der Waals surface area contributed by atoms with Crippen molar-refractivity contribution in [2.45, 2.75) is 251 Å². The molecule has 468 valence electrons. The van der Waals surface area contributed by atoms with Crippen LogP contribution in [0.15, 0.2) is 170 Å². The molecule has 0 aliphatic heterocycles. The van der Waals surface area contributed by atoms with E-state index in [9.17, 15) is 19.0 Å². The van der Waals surface area contributed by atoms with E-state index in [-0.39, 0.29) is 32.6 Å². The van der Waals surface area contributed by atoms with Crippen molar-refractivity contribution in [2.75, 3.05) is 26.4 Å². The number of carbonyl (C=O) groups excluding carboxylic acids is 2. The fraction of sp³-hybridized carbons (Fsp3) is 0.589. The summed E-state index contributed by atoms with van der Waals surface area (Å²) in [4.78, 5) is 35.3. The third kappa shape index (κ3) is 66.4. The van der Waals surface area contributed by atoms with Crippen LogP contribution in [-0.4, -0.2) is 49.3 Å². The highest BCUT2D eigenvalue weighted by Crippen LogP contribution is 2.43. The predicted octanol–water partition coefficient (Wildman–Crippen LogP) is 21.4. The van der Waals surface area contributed by atoms with Gasteiger partial charge < -0.3 is 20.1 Å². The Kier molecular flexibility index (Phi) is 62.8. The maximum atomic E-state index is 12.7. The first-order valence-corrected chi connectivity index (χ1v) is 34.1. The minimum Gasteiger partial charge on any atom is -0.462 e. The van der Waals surface area contributed by atoms with Crippen LogP contribution in [0.4, 0.5) is 0 Å². The van der Waals surface area contributed by atoms with Gasteiger partial charge in [-0.25, -0.2) is 4.57 Å². The Labute approximate surface area is 508 Å². The highest BCUT2D eigenvalue weighted by Gasteiger charge is 2.26. The van der Waals surface area contributed by atoms with Crippen molar-refractivity contribution >= 4 is 19.8 Å². The number of unbranched alkanes of at least 4 members (excludes halogenated alkanes) is 18. The van der Waals surface area contributed by atoms with Crippen molar-refractivity contribution in [1.82, 2.24) is 0 Å². The summed E-state index contributed by atoms with van der Waals surface area (Å²) in [5.41, 5.74) is 5.39. The second kappa shape index (κ2) is 66.5. The fourth-order valence-electron chi connectivity index (χ4n) is 8.36. The van der Waals surface area contributed by atoms with E-state index in [1.165, 1.54) is 70.6 Å². The second-order valence-corrected chi connectivity index (χ2v) is 22.3. The summed E-state index contributed by atoms with van der Waals surface area (Å²) < 4.78 is 33.1. The molecule has 0 aromatic carbocycles. The molecule has 0 aromatic heterocycles. The number of rotatable bonds is 59. The third-order valence-electron chi connectivity index (χ3n) is 13.1. The maximum Gasteiger partial charge on any atom is 0.472 e. The smallest absolute Gasteiger partial charge is 0.462 e. The zero-order valence-corrected chi connectivity index (χ0v) is 53.3. The summed E-state index contributed by atoms with van der Waals surface area (Å²) in [6.45, 7) is 3.47. The Morgan fingerprint density at radius 1 is 0.361 bits per heavy atom. The summed E-state index contributed by atoms with van der Waals surface area (Å²) in [6, 6.07) is 0. The SMILES string of the molecule is CC/C=C\C/C=C\C/C=C\C/C=C\C/C=C\C/C=C\C/C=C\C/C=C\CCCCCCC(=O)OC(COC(=O)CCCCCCCCCCCCCCCC/C=C\C/C=C\C/C=C\C/C=C\C/C=C\C/C=C\CC)COP(=O)(O)OCCN. The normalized spacial score (nSPS) is 14.1. The van der Waals surface area contributed by atoms with Gasteiger partial charge in [0.25, 0.3) is 0 Å². The van der Waals surface area contributed by atoms with Gasteiger partial charge >= 0.3 is 19.8 Å². The van der Waals surface area contributed by atoms with E-state index in [0.717, 1.165) is 141 Å². The predicted molar refractivity (Wildman–Crippen MR) is 357 cm³/mol. The van der Waals surface area contributed by atoms with Crippen LogP contribution in [0, 0.1) is 0 Å². The molecule has 9 nitrogen and oxygen atoms in total. The zero-order valence-electron chi connectivity index (χ0n) is 52.4. The van der Waals surface area contributed by atoms with Crippen molar-refractivity contribution in [2.24, 2.45) is 5.73 Å². The lowest BCUT2D eigenvalue weighted by atomic mass is 10.0. The number of carbonyl (C=O) groups is 2. The number of esters is 2. The molecule has 0 aromatic rings. The molecule has 2 unspecified atom stereocenters. The van der Waals surface area contributed by atoms with Crippen LogP contribution in [0.25, 0.3) is 0 Å². The first-order valence-electron chi connectivity index (χ1n) is 32.6. The molecular formula is C73H118NO8P. The maximum absolute atomic E-state index is 12.7. The Morgan fingerprint density at radius 2 is 0.627 bits per heavy atom. The number of allylic oxidation sites excluding steroid dienone is 28. The molecule has 0 amide bonds. The zero-order chi connectivity index (χ0) is 60.1. The van der Waals surface area contributed by atoms with E-state index in [2.05, 4.69) is 184 Å². The molecule has 10 heteroatoms. The van der Waals surface area contributed by atoms with Crippen molar-refractivity contribution in [3.8, 4) is 0 Å². The van der Waals surface area contributed by atoms with Gasteiger partial charge in [0.1, 0.15) is 6.61 Å². The van der Waals surface area contributed by atoms with Crippen LogP contribution in [0.1, 0.15) is 245 Å². The van der Waals surface area contributed by atoms with Crippen LogP contribution < -0.4 is 5.73 Å². The number of phosphoric acid groups is 1. The number of hydrogen-bond donors (Lipinski definition) is 2. The minimum absolute atomic E-state index is 0.0400. The van der Waals surface area contributed by atoms with Gasteiger partial charge in [-0.15, -0.1) is 0 Å². The number of ether oxygens (including phenoxy) is 2. The lowest BCUT2D eigenvalue weighted by molar-refractivity contribution is -0.161.